The Morgan fingerprint density at radius 2 is 2.26 bits per heavy atom. The van der Waals surface area contributed by atoms with E-state index in [-0.39, 0.29) is 5.91 Å². The zero-order valence-electron chi connectivity index (χ0n) is 10.8. The highest BCUT2D eigenvalue weighted by Crippen LogP contribution is 2.20. The molecule has 0 spiro atoms. The van der Waals surface area contributed by atoms with Gasteiger partial charge in [0.1, 0.15) is 5.69 Å². The van der Waals surface area contributed by atoms with Crippen LogP contribution in [-0.4, -0.2) is 15.7 Å². The molecule has 1 aromatic heterocycles. The number of aryl methyl sites for hydroxylation is 2. The third-order valence-electron chi connectivity index (χ3n) is 2.79. The Hall–Kier alpha value is -2.01. The Morgan fingerprint density at radius 3 is 2.84 bits per heavy atom. The van der Waals surface area contributed by atoms with Crippen LogP contribution >= 0.6 is 11.6 Å². The molecular formula is C13H15ClN4O. The summed E-state index contributed by atoms with van der Waals surface area (Å²) in [5.74, 6) is -0.297. The summed E-state index contributed by atoms with van der Waals surface area (Å²) in [5.41, 5.74) is 8.05. The van der Waals surface area contributed by atoms with E-state index in [9.17, 15) is 4.79 Å². The van der Waals surface area contributed by atoms with Crippen molar-refractivity contribution in [3.05, 3.63) is 40.7 Å². The third kappa shape index (κ3) is 2.71. The molecule has 3 N–H and O–H groups in total. The topological polar surface area (TPSA) is 72.9 Å². The molecule has 1 aromatic carbocycles. The predicted molar refractivity (Wildman–Crippen MR) is 76.4 cm³/mol. The number of benzene rings is 1. The number of nitrogens with one attached hydrogen (secondary N) is 1. The van der Waals surface area contributed by atoms with Gasteiger partial charge >= 0.3 is 0 Å². The highest BCUT2D eigenvalue weighted by molar-refractivity contribution is 6.31. The van der Waals surface area contributed by atoms with E-state index in [1.54, 1.807) is 31.3 Å². The molecule has 1 amide bonds. The SMILES string of the molecule is CCc1nn(C)c(C(=O)Nc2cccc(Cl)c2)c1N. The zero-order chi connectivity index (χ0) is 14.0. The average Bonchev–Trinajstić information content (AvgIpc) is 2.64. The Morgan fingerprint density at radius 1 is 1.53 bits per heavy atom. The van der Waals surface area contributed by atoms with Gasteiger partial charge in [0.25, 0.3) is 5.91 Å². The number of nitrogens with zero attached hydrogens (tertiary/aromatic N) is 2. The molecule has 2 rings (SSSR count). The summed E-state index contributed by atoms with van der Waals surface area (Å²) in [4.78, 5) is 12.2. The van der Waals surface area contributed by atoms with Gasteiger partial charge in [-0.05, 0) is 24.6 Å². The highest BCUT2D eigenvalue weighted by Gasteiger charge is 2.19. The van der Waals surface area contributed by atoms with Crippen molar-refractivity contribution in [2.75, 3.05) is 11.1 Å². The number of hydrogen-bond donors (Lipinski definition) is 2. The number of amides is 1. The van der Waals surface area contributed by atoms with Crippen molar-refractivity contribution in [2.45, 2.75) is 13.3 Å². The second-order valence-electron chi connectivity index (χ2n) is 4.15. The lowest BCUT2D eigenvalue weighted by Crippen LogP contribution is -2.17. The van der Waals surface area contributed by atoms with Crippen LogP contribution in [0.3, 0.4) is 0 Å². The second kappa shape index (κ2) is 5.32. The van der Waals surface area contributed by atoms with Crippen LogP contribution in [0, 0.1) is 0 Å². The van der Waals surface area contributed by atoms with Crippen molar-refractivity contribution in [3.8, 4) is 0 Å². The quantitative estimate of drug-likeness (QED) is 0.906. The summed E-state index contributed by atoms with van der Waals surface area (Å²) in [6, 6.07) is 6.94. The number of aromatic nitrogens is 2. The zero-order valence-corrected chi connectivity index (χ0v) is 11.5. The highest BCUT2D eigenvalue weighted by atomic mass is 35.5. The van der Waals surface area contributed by atoms with Crippen LogP contribution in [-0.2, 0) is 13.5 Å². The van der Waals surface area contributed by atoms with E-state index in [0.29, 0.717) is 28.5 Å². The van der Waals surface area contributed by atoms with Crippen molar-refractivity contribution in [2.24, 2.45) is 7.05 Å². The first kappa shape index (κ1) is 13.4. The van der Waals surface area contributed by atoms with Crippen LogP contribution in [0.2, 0.25) is 5.02 Å². The van der Waals surface area contributed by atoms with Gasteiger partial charge in [-0.25, -0.2) is 0 Å². The molecule has 0 radical (unpaired) electrons. The molecule has 0 bridgehead atoms. The van der Waals surface area contributed by atoms with Gasteiger partial charge < -0.3 is 11.1 Å². The Balaban J connectivity index is 2.28. The van der Waals surface area contributed by atoms with E-state index in [1.165, 1.54) is 4.68 Å². The smallest absolute Gasteiger partial charge is 0.276 e. The van der Waals surface area contributed by atoms with Crippen molar-refractivity contribution in [1.82, 2.24) is 9.78 Å². The largest absolute Gasteiger partial charge is 0.395 e. The first-order chi connectivity index (χ1) is 9.02. The minimum Gasteiger partial charge on any atom is -0.395 e. The van der Waals surface area contributed by atoms with E-state index >= 15 is 0 Å². The minimum atomic E-state index is -0.297. The standard InChI is InChI=1S/C13H15ClN4O/c1-3-10-11(15)12(18(2)17-10)13(19)16-9-6-4-5-8(14)7-9/h4-7H,3,15H2,1-2H3,(H,16,19). The average molecular weight is 279 g/mol. The van der Waals surface area contributed by atoms with Gasteiger partial charge in [0.15, 0.2) is 0 Å². The van der Waals surface area contributed by atoms with Crippen LogP contribution < -0.4 is 11.1 Å². The molecule has 0 saturated heterocycles. The van der Waals surface area contributed by atoms with Gasteiger partial charge in [-0.2, -0.15) is 5.10 Å². The number of nitrogen functional groups attached to an aromatic ring is 1. The monoisotopic (exact) mass is 278 g/mol. The summed E-state index contributed by atoms with van der Waals surface area (Å²) in [6.07, 6.45) is 0.685. The number of hydrogen-bond acceptors (Lipinski definition) is 3. The van der Waals surface area contributed by atoms with Crippen LogP contribution in [0.15, 0.2) is 24.3 Å². The lowest BCUT2D eigenvalue weighted by atomic mass is 10.2. The minimum absolute atomic E-state index is 0.297. The van der Waals surface area contributed by atoms with E-state index < -0.39 is 0 Å². The number of nitrogens with two attached hydrogens (primary N) is 1. The Kier molecular flexibility index (Phi) is 3.76. The molecule has 1 heterocycles. The van der Waals surface area contributed by atoms with Gasteiger partial charge in [-0.3, -0.25) is 9.48 Å². The van der Waals surface area contributed by atoms with Crippen molar-refractivity contribution in [1.29, 1.82) is 0 Å². The normalized spacial score (nSPS) is 10.5. The predicted octanol–water partition coefficient (Wildman–Crippen LogP) is 2.47. The Labute approximate surface area is 116 Å². The number of carbonyl (C=O) groups excluding carboxylic acids is 1. The number of halogens is 1. The molecule has 100 valence electrons. The maximum absolute atomic E-state index is 12.2. The molecule has 0 atom stereocenters. The molecule has 0 aliphatic carbocycles. The fourth-order valence-electron chi connectivity index (χ4n) is 1.88. The van der Waals surface area contributed by atoms with E-state index in [2.05, 4.69) is 10.4 Å². The molecule has 2 aromatic rings. The molecule has 19 heavy (non-hydrogen) atoms. The summed E-state index contributed by atoms with van der Waals surface area (Å²) >= 11 is 5.87. The first-order valence-corrected chi connectivity index (χ1v) is 6.29. The second-order valence-corrected chi connectivity index (χ2v) is 4.59. The van der Waals surface area contributed by atoms with Gasteiger partial charge in [0.2, 0.25) is 0 Å². The lowest BCUT2D eigenvalue weighted by Gasteiger charge is -2.06. The fourth-order valence-corrected chi connectivity index (χ4v) is 2.07. The third-order valence-corrected chi connectivity index (χ3v) is 3.03. The van der Waals surface area contributed by atoms with Gasteiger partial charge in [0, 0.05) is 17.8 Å². The maximum Gasteiger partial charge on any atom is 0.276 e. The van der Waals surface area contributed by atoms with Crippen LogP contribution in [0.5, 0.6) is 0 Å². The summed E-state index contributed by atoms with van der Waals surface area (Å²) in [7, 11) is 1.70. The van der Waals surface area contributed by atoms with Crippen molar-refractivity contribution in [3.63, 3.8) is 0 Å². The molecule has 0 aliphatic heterocycles. The molecule has 6 heteroatoms. The number of carbonyl (C=O) groups is 1. The molecular weight excluding hydrogens is 264 g/mol. The first-order valence-electron chi connectivity index (χ1n) is 5.91. The molecule has 0 unspecified atom stereocenters. The molecule has 0 aliphatic rings. The summed E-state index contributed by atoms with van der Waals surface area (Å²) in [5, 5.41) is 7.53. The Bertz CT molecular complexity index is 621. The van der Waals surface area contributed by atoms with Crippen LogP contribution in [0.1, 0.15) is 23.1 Å². The van der Waals surface area contributed by atoms with Gasteiger partial charge in [-0.1, -0.05) is 24.6 Å². The van der Waals surface area contributed by atoms with E-state index in [1.807, 2.05) is 6.92 Å². The number of anilines is 2. The van der Waals surface area contributed by atoms with Crippen LogP contribution in [0.4, 0.5) is 11.4 Å². The van der Waals surface area contributed by atoms with Crippen molar-refractivity contribution >= 4 is 28.9 Å². The molecule has 0 saturated carbocycles. The van der Waals surface area contributed by atoms with E-state index in [0.717, 1.165) is 5.69 Å². The summed E-state index contributed by atoms with van der Waals surface area (Å²) in [6.45, 7) is 1.94. The fraction of sp³-hybridized carbons (Fsp3) is 0.231. The molecule has 0 fully saturated rings. The van der Waals surface area contributed by atoms with Crippen LogP contribution in [0.25, 0.3) is 0 Å². The van der Waals surface area contributed by atoms with Gasteiger partial charge in [-0.15, -0.1) is 0 Å². The summed E-state index contributed by atoms with van der Waals surface area (Å²) < 4.78 is 1.49. The van der Waals surface area contributed by atoms with E-state index in [4.69, 9.17) is 17.3 Å². The van der Waals surface area contributed by atoms with Gasteiger partial charge in [0.05, 0.1) is 11.4 Å². The maximum atomic E-state index is 12.2. The van der Waals surface area contributed by atoms with Crippen molar-refractivity contribution < 1.29 is 4.79 Å². The molecule has 5 nitrogen and oxygen atoms in total. The lowest BCUT2D eigenvalue weighted by molar-refractivity contribution is 0.101. The number of rotatable bonds is 3.